The van der Waals surface area contributed by atoms with Gasteiger partial charge in [0.25, 0.3) is 5.91 Å². The molecule has 152 valence electrons. The number of likely N-dealkylation sites (N-methyl/N-ethyl adjacent to an activating group) is 1. The first-order valence-corrected chi connectivity index (χ1v) is 10.1. The van der Waals surface area contributed by atoms with E-state index in [9.17, 15) is 9.59 Å². The number of carbonyl (C=O) groups is 2. The van der Waals surface area contributed by atoms with Crippen molar-refractivity contribution in [3.8, 4) is 0 Å². The predicted molar refractivity (Wildman–Crippen MR) is 106 cm³/mol. The molecule has 1 aromatic carbocycles. The van der Waals surface area contributed by atoms with Crippen molar-refractivity contribution in [1.82, 2.24) is 20.0 Å². The average molecular weight is 408 g/mol. The van der Waals surface area contributed by atoms with E-state index < -0.39 is 6.04 Å². The van der Waals surface area contributed by atoms with Crippen LogP contribution in [-0.4, -0.2) is 85.0 Å². The van der Waals surface area contributed by atoms with Gasteiger partial charge in [0.2, 0.25) is 0 Å². The molecule has 0 aliphatic carbocycles. The zero-order valence-electron chi connectivity index (χ0n) is 16.2. The van der Waals surface area contributed by atoms with Gasteiger partial charge in [0, 0.05) is 37.5 Å². The minimum Gasteiger partial charge on any atom is -0.380 e. The van der Waals surface area contributed by atoms with Crippen LogP contribution in [0.5, 0.6) is 0 Å². The van der Waals surface area contributed by atoms with Crippen LogP contribution in [0.25, 0.3) is 0 Å². The van der Waals surface area contributed by atoms with Crippen molar-refractivity contribution in [3.05, 3.63) is 29.3 Å². The Kier molecular flexibility index (Phi) is 5.46. The van der Waals surface area contributed by atoms with E-state index in [1.54, 1.807) is 11.9 Å². The Morgan fingerprint density at radius 2 is 1.96 bits per heavy atom. The van der Waals surface area contributed by atoms with Crippen LogP contribution in [0.3, 0.4) is 0 Å². The third-order valence-electron chi connectivity index (χ3n) is 5.69. The van der Waals surface area contributed by atoms with Crippen molar-refractivity contribution < 1.29 is 14.3 Å². The molecule has 0 spiro atoms. The summed E-state index contributed by atoms with van der Waals surface area (Å²) in [7, 11) is 1.75. The first kappa shape index (κ1) is 19.4. The number of fused-ring (bicyclic) bond motifs is 3. The van der Waals surface area contributed by atoms with Gasteiger partial charge in [-0.15, -0.1) is 0 Å². The highest BCUT2D eigenvalue weighted by Crippen LogP contribution is 2.33. The topological polar surface area (TPSA) is 68.4 Å². The quantitative estimate of drug-likeness (QED) is 0.743. The van der Waals surface area contributed by atoms with E-state index in [-0.39, 0.29) is 30.9 Å². The van der Waals surface area contributed by atoms with Gasteiger partial charge in [-0.25, -0.2) is 4.79 Å². The lowest BCUT2D eigenvalue weighted by Crippen LogP contribution is -2.66. The summed E-state index contributed by atoms with van der Waals surface area (Å²) in [5.74, 6) is -0.152. The second-order valence-electron chi connectivity index (χ2n) is 7.27. The molecule has 0 aromatic heterocycles. The lowest BCUT2D eigenvalue weighted by atomic mass is 10.1. The summed E-state index contributed by atoms with van der Waals surface area (Å²) in [5.41, 5.74) is 1.04. The van der Waals surface area contributed by atoms with Crippen molar-refractivity contribution in [3.63, 3.8) is 0 Å². The van der Waals surface area contributed by atoms with E-state index in [1.807, 2.05) is 31.2 Å². The zero-order valence-corrected chi connectivity index (χ0v) is 16.9. The lowest BCUT2D eigenvalue weighted by molar-refractivity contribution is -0.139. The monoisotopic (exact) mass is 407 g/mol. The van der Waals surface area contributed by atoms with Gasteiger partial charge in [0.05, 0.1) is 13.2 Å². The number of amides is 3. The third kappa shape index (κ3) is 3.24. The van der Waals surface area contributed by atoms with Crippen LogP contribution in [0, 0.1) is 0 Å². The van der Waals surface area contributed by atoms with Crippen molar-refractivity contribution >= 4 is 29.2 Å². The Balaban J connectivity index is 1.58. The number of anilines is 1. The van der Waals surface area contributed by atoms with Crippen LogP contribution in [0.1, 0.15) is 13.3 Å². The fraction of sp³-hybridized carbons (Fsp3) is 0.579. The van der Waals surface area contributed by atoms with Gasteiger partial charge in [0.15, 0.2) is 0 Å². The van der Waals surface area contributed by atoms with Crippen LogP contribution in [0.15, 0.2) is 24.3 Å². The molecule has 28 heavy (non-hydrogen) atoms. The largest absolute Gasteiger partial charge is 0.380 e. The van der Waals surface area contributed by atoms with E-state index in [4.69, 9.17) is 16.3 Å². The number of nitrogens with one attached hydrogen (secondary N) is 1. The maximum absolute atomic E-state index is 13.2. The van der Waals surface area contributed by atoms with Crippen LogP contribution < -0.4 is 10.2 Å². The molecule has 0 saturated carbocycles. The zero-order chi connectivity index (χ0) is 19.8. The molecule has 3 aliphatic rings. The van der Waals surface area contributed by atoms with E-state index >= 15 is 0 Å². The number of carbonyl (C=O) groups excluding carboxylic acids is 2. The lowest BCUT2D eigenvalue weighted by Gasteiger charge is -2.43. The van der Waals surface area contributed by atoms with Gasteiger partial charge in [-0.1, -0.05) is 11.6 Å². The maximum atomic E-state index is 13.2. The molecule has 8 nitrogen and oxygen atoms in total. The molecule has 3 aliphatic heterocycles. The minimum absolute atomic E-state index is 0.143. The number of hydrogen-bond donors (Lipinski definition) is 1. The summed E-state index contributed by atoms with van der Waals surface area (Å²) in [6, 6.07) is 7.03. The van der Waals surface area contributed by atoms with Gasteiger partial charge in [-0.2, -0.15) is 0 Å². The number of ether oxygens (including phenoxy) is 1. The molecule has 3 amide bonds. The Morgan fingerprint density at radius 3 is 2.68 bits per heavy atom. The van der Waals surface area contributed by atoms with Crippen molar-refractivity contribution in [2.24, 2.45) is 0 Å². The fourth-order valence-corrected chi connectivity index (χ4v) is 4.45. The van der Waals surface area contributed by atoms with E-state index in [0.717, 1.165) is 25.2 Å². The maximum Gasteiger partial charge on any atom is 0.327 e. The normalized spacial score (nSPS) is 28.0. The summed E-state index contributed by atoms with van der Waals surface area (Å²) in [4.78, 5) is 33.3. The summed E-state index contributed by atoms with van der Waals surface area (Å²) < 4.78 is 5.36. The Morgan fingerprint density at radius 1 is 1.21 bits per heavy atom. The molecule has 0 radical (unpaired) electrons. The highest BCUT2D eigenvalue weighted by molar-refractivity contribution is 6.30. The molecule has 1 N–H and O–H groups in total. The van der Waals surface area contributed by atoms with Crippen molar-refractivity contribution in [1.29, 1.82) is 0 Å². The third-order valence-corrected chi connectivity index (χ3v) is 5.94. The molecule has 9 heteroatoms. The highest BCUT2D eigenvalue weighted by atomic mass is 35.5. The molecule has 3 fully saturated rings. The van der Waals surface area contributed by atoms with Crippen LogP contribution in [0.4, 0.5) is 10.5 Å². The van der Waals surface area contributed by atoms with Crippen molar-refractivity contribution in [2.45, 2.75) is 31.8 Å². The number of nitrogens with zero attached hydrogens (tertiary/aromatic N) is 4. The molecular weight excluding hydrogens is 382 g/mol. The van der Waals surface area contributed by atoms with Crippen LogP contribution in [0.2, 0.25) is 5.02 Å². The minimum atomic E-state index is -0.399. The second kappa shape index (κ2) is 7.87. The second-order valence-corrected chi connectivity index (χ2v) is 7.71. The SMILES string of the molecule is CCOCCN1C(=O)C2C(NC3N(c4ccc(Cl)cc4)CCCN23)N(C)C1=O. The van der Waals surface area contributed by atoms with Crippen LogP contribution in [-0.2, 0) is 9.53 Å². The molecule has 3 atom stereocenters. The van der Waals surface area contributed by atoms with Crippen LogP contribution >= 0.6 is 11.6 Å². The molecule has 3 heterocycles. The number of halogens is 1. The number of imide groups is 1. The van der Waals surface area contributed by atoms with E-state index in [2.05, 4.69) is 15.1 Å². The van der Waals surface area contributed by atoms with Gasteiger partial charge in [-0.3, -0.25) is 19.9 Å². The summed E-state index contributed by atoms with van der Waals surface area (Å²) >= 11 is 6.03. The van der Waals surface area contributed by atoms with E-state index in [1.165, 1.54) is 4.90 Å². The van der Waals surface area contributed by atoms with Gasteiger partial charge >= 0.3 is 6.03 Å². The molecule has 1 aromatic rings. The Hall–Kier alpha value is -1.87. The molecular formula is C19H26ClN5O3. The predicted octanol–water partition coefficient (Wildman–Crippen LogP) is 1.36. The fourth-order valence-electron chi connectivity index (χ4n) is 4.32. The smallest absolute Gasteiger partial charge is 0.327 e. The standard InChI is InChI=1S/C19H26ClN5O3/c1-3-28-12-11-25-17(26)15-16(22(2)19(25)27)21-18-23(9-4-10-24(15)18)14-7-5-13(20)6-8-14/h5-8,15-16,18,21H,3-4,9-12H2,1-2H3. The molecule has 0 bridgehead atoms. The van der Waals surface area contributed by atoms with E-state index in [0.29, 0.717) is 18.2 Å². The summed E-state index contributed by atoms with van der Waals surface area (Å²) in [6.07, 6.45) is 0.450. The molecule has 4 rings (SSSR count). The number of rotatable bonds is 5. The molecule has 3 unspecified atom stereocenters. The van der Waals surface area contributed by atoms with Gasteiger partial charge in [-0.05, 0) is 37.6 Å². The number of hydrogen-bond acceptors (Lipinski definition) is 6. The number of urea groups is 1. The summed E-state index contributed by atoms with van der Waals surface area (Å²) in [6.45, 7) is 4.76. The summed E-state index contributed by atoms with van der Waals surface area (Å²) in [5, 5.41) is 4.19. The highest BCUT2D eigenvalue weighted by Gasteiger charge is 2.55. The van der Waals surface area contributed by atoms with Gasteiger partial charge in [0.1, 0.15) is 18.5 Å². The number of benzene rings is 1. The van der Waals surface area contributed by atoms with Crippen molar-refractivity contribution in [2.75, 3.05) is 44.8 Å². The molecule has 3 saturated heterocycles. The Labute approximate surface area is 169 Å². The average Bonchev–Trinajstić information content (AvgIpc) is 3.09. The Bertz CT molecular complexity index is 746. The first-order valence-electron chi connectivity index (χ1n) is 9.73. The first-order chi connectivity index (χ1) is 13.5. The van der Waals surface area contributed by atoms with Gasteiger partial charge < -0.3 is 14.5 Å².